The number of nitrogens with two attached hydrogens (primary N) is 1. The topological polar surface area (TPSA) is 120 Å². The Morgan fingerprint density at radius 3 is 2.00 bits per heavy atom. The van der Waals surface area contributed by atoms with Crippen molar-refractivity contribution in [2.45, 2.75) is 30.8 Å². The third-order valence-electron chi connectivity index (χ3n) is 3.00. The van der Waals surface area contributed by atoms with Gasteiger partial charge >= 0.3 is 8.80 Å². The summed E-state index contributed by atoms with van der Waals surface area (Å²) in [5, 5.41) is 2.63. The van der Waals surface area contributed by atoms with E-state index in [1.165, 1.54) is 21.3 Å². The Morgan fingerprint density at radius 1 is 1.25 bits per heavy atom. The molecule has 0 bridgehead atoms. The Balaban J connectivity index is 0. The van der Waals surface area contributed by atoms with Crippen molar-refractivity contribution in [2.75, 3.05) is 27.9 Å². The summed E-state index contributed by atoms with van der Waals surface area (Å²) in [5.74, 6) is 0. The monoisotopic (exact) mass is 352 g/mol. The van der Waals surface area contributed by atoms with Gasteiger partial charge in [0.25, 0.3) is 10.1 Å². The lowest BCUT2D eigenvalue weighted by Crippen LogP contribution is -2.59. The summed E-state index contributed by atoms with van der Waals surface area (Å²) in [7, 11) is -2.51. The fourth-order valence-electron chi connectivity index (χ4n) is 1.56. The van der Waals surface area contributed by atoms with E-state index in [4.69, 9.17) is 23.6 Å². The second kappa shape index (κ2) is 9.28. The highest BCUT2D eigenvalue weighted by Crippen LogP contribution is 2.15. The second-order valence-electron chi connectivity index (χ2n) is 4.04. The van der Waals surface area contributed by atoms with Crippen LogP contribution < -0.4 is 11.1 Å². The van der Waals surface area contributed by atoms with Gasteiger partial charge in [-0.05, 0) is 19.4 Å². The molecule has 0 aliphatic heterocycles. The van der Waals surface area contributed by atoms with E-state index in [1.807, 2.05) is 0 Å². The molecule has 0 aromatic heterocycles. The normalized spacial score (nSPS) is 15.5. The molecule has 0 spiro atoms. The minimum absolute atomic E-state index is 0. The standard InChI is InChI=1S/C9H24N2O6SSi.ClH/c1-5-9(10,18(12,13)14)11-7-6-8-19(15-2,16-3)17-4;/h11H,5-8,10H2,1-4H3,(H,12,13,14);1H. The van der Waals surface area contributed by atoms with Crippen LogP contribution >= 0.6 is 12.4 Å². The number of halogens is 1. The first kappa shape index (κ1) is 22.5. The molecule has 0 saturated carbocycles. The van der Waals surface area contributed by atoms with Gasteiger partial charge in [-0.25, -0.2) is 0 Å². The average Bonchev–Trinajstić information content (AvgIpc) is 2.38. The van der Waals surface area contributed by atoms with Crippen LogP contribution in [-0.2, 0) is 23.4 Å². The first-order valence-corrected chi connectivity index (χ1v) is 9.24. The molecule has 0 aliphatic carbocycles. The second-order valence-corrected chi connectivity index (χ2v) is 8.81. The summed E-state index contributed by atoms with van der Waals surface area (Å²) in [5.41, 5.74) is 5.59. The molecule has 0 aromatic rings. The lowest BCUT2D eigenvalue weighted by Gasteiger charge is -2.27. The Labute approximate surface area is 127 Å². The first-order valence-electron chi connectivity index (χ1n) is 5.86. The van der Waals surface area contributed by atoms with Crippen LogP contribution in [0.3, 0.4) is 0 Å². The molecule has 0 rings (SSSR count). The lowest BCUT2D eigenvalue weighted by molar-refractivity contribution is 0.123. The Hall–Kier alpha value is 0.217. The van der Waals surface area contributed by atoms with Crippen LogP contribution in [0.1, 0.15) is 19.8 Å². The van der Waals surface area contributed by atoms with Gasteiger partial charge in [-0.2, -0.15) is 8.42 Å². The summed E-state index contributed by atoms with van der Waals surface area (Å²) < 4.78 is 47.0. The quantitative estimate of drug-likeness (QED) is 0.220. The van der Waals surface area contributed by atoms with E-state index in [0.29, 0.717) is 12.5 Å². The van der Waals surface area contributed by atoms with Gasteiger partial charge < -0.3 is 13.3 Å². The van der Waals surface area contributed by atoms with E-state index in [-0.39, 0.29) is 25.4 Å². The largest absolute Gasteiger partial charge is 0.500 e. The first-order chi connectivity index (χ1) is 8.70. The van der Waals surface area contributed by atoms with Crippen molar-refractivity contribution in [3.05, 3.63) is 0 Å². The summed E-state index contributed by atoms with van der Waals surface area (Å²) in [6, 6.07) is 0.509. The van der Waals surface area contributed by atoms with Gasteiger partial charge in [-0.15, -0.1) is 12.4 Å². The van der Waals surface area contributed by atoms with E-state index >= 15 is 0 Å². The van der Waals surface area contributed by atoms with Crippen LogP contribution in [0.25, 0.3) is 0 Å². The summed E-state index contributed by atoms with van der Waals surface area (Å²) in [6.07, 6.45) is 0.587. The maximum absolute atomic E-state index is 11.1. The SMILES string of the molecule is CCC(N)(NCCC[Si](OC)(OC)OC)S(=O)(=O)O.Cl. The van der Waals surface area contributed by atoms with E-state index in [0.717, 1.165) is 0 Å². The summed E-state index contributed by atoms with van der Waals surface area (Å²) in [6.45, 7) is 1.86. The minimum Gasteiger partial charge on any atom is -0.377 e. The third kappa shape index (κ3) is 5.91. The number of hydrogen-bond donors (Lipinski definition) is 3. The molecule has 0 heterocycles. The number of nitrogens with one attached hydrogen (secondary N) is 1. The van der Waals surface area contributed by atoms with Gasteiger partial charge in [-0.1, -0.05) is 6.92 Å². The predicted octanol–water partition coefficient (Wildman–Crippen LogP) is 0.176. The van der Waals surface area contributed by atoms with E-state index in [9.17, 15) is 8.42 Å². The van der Waals surface area contributed by atoms with Gasteiger partial charge in [0.2, 0.25) is 0 Å². The number of hydrogen-bond acceptors (Lipinski definition) is 7. The van der Waals surface area contributed by atoms with Crippen molar-refractivity contribution < 1.29 is 26.2 Å². The lowest BCUT2D eigenvalue weighted by atomic mass is 10.3. The maximum atomic E-state index is 11.1. The molecule has 8 nitrogen and oxygen atoms in total. The molecule has 0 radical (unpaired) electrons. The molecule has 1 atom stereocenters. The van der Waals surface area contributed by atoms with Crippen molar-refractivity contribution >= 4 is 31.3 Å². The van der Waals surface area contributed by atoms with Crippen LogP contribution in [0.2, 0.25) is 6.04 Å². The number of rotatable bonds is 10. The zero-order chi connectivity index (χ0) is 15.2. The minimum atomic E-state index is -4.36. The van der Waals surface area contributed by atoms with Crippen molar-refractivity contribution in [1.82, 2.24) is 5.32 Å². The fraction of sp³-hybridized carbons (Fsp3) is 1.00. The van der Waals surface area contributed by atoms with Gasteiger partial charge in [-0.3, -0.25) is 15.6 Å². The molecule has 124 valence electrons. The van der Waals surface area contributed by atoms with E-state index < -0.39 is 23.9 Å². The van der Waals surface area contributed by atoms with E-state index in [2.05, 4.69) is 5.32 Å². The highest BCUT2D eigenvalue weighted by Gasteiger charge is 2.39. The highest BCUT2D eigenvalue weighted by atomic mass is 35.5. The van der Waals surface area contributed by atoms with Crippen molar-refractivity contribution in [3.8, 4) is 0 Å². The van der Waals surface area contributed by atoms with Crippen molar-refractivity contribution in [1.29, 1.82) is 0 Å². The van der Waals surface area contributed by atoms with Crippen LogP contribution in [0.15, 0.2) is 0 Å². The molecule has 0 fully saturated rings. The molecule has 0 saturated heterocycles. The molecule has 0 aliphatic rings. The zero-order valence-electron chi connectivity index (χ0n) is 12.2. The molecular formula is C9H25ClN2O6SSi. The summed E-state index contributed by atoms with van der Waals surface area (Å²) >= 11 is 0. The average molecular weight is 353 g/mol. The van der Waals surface area contributed by atoms with Gasteiger partial charge in [0.05, 0.1) is 0 Å². The van der Waals surface area contributed by atoms with Gasteiger partial charge in [0, 0.05) is 27.4 Å². The molecule has 4 N–H and O–H groups in total. The molecular weight excluding hydrogens is 328 g/mol. The smallest absolute Gasteiger partial charge is 0.377 e. The van der Waals surface area contributed by atoms with Crippen LogP contribution in [0.5, 0.6) is 0 Å². The van der Waals surface area contributed by atoms with Crippen molar-refractivity contribution in [3.63, 3.8) is 0 Å². The Morgan fingerprint density at radius 2 is 1.70 bits per heavy atom. The van der Waals surface area contributed by atoms with Crippen LogP contribution in [0, 0.1) is 0 Å². The van der Waals surface area contributed by atoms with Gasteiger partial charge in [0.1, 0.15) is 0 Å². The molecule has 20 heavy (non-hydrogen) atoms. The highest BCUT2D eigenvalue weighted by molar-refractivity contribution is 7.87. The van der Waals surface area contributed by atoms with Crippen LogP contribution in [0.4, 0.5) is 0 Å². The predicted molar refractivity (Wildman–Crippen MR) is 80.2 cm³/mol. The Kier molecular flexibility index (Phi) is 10.4. The van der Waals surface area contributed by atoms with E-state index in [1.54, 1.807) is 6.92 Å². The molecule has 0 aromatic carbocycles. The molecule has 0 amide bonds. The van der Waals surface area contributed by atoms with Gasteiger partial charge in [0.15, 0.2) is 4.99 Å². The molecule has 11 heteroatoms. The third-order valence-corrected chi connectivity index (χ3v) is 7.19. The molecule has 1 unspecified atom stereocenters. The zero-order valence-corrected chi connectivity index (χ0v) is 14.8. The van der Waals surface area contributed by atoms with Crippen LogP contribution in [-0.4, -0.2) is 54.6 Å². The van der Waals surface area contributed by atoms with Crippen molar-refractivity contribution in [2.24, 2.45) is 5.73 Å². The summed E-state index contributed by atoms with van der Waals surface area (Å²) in [4.78, 5) is -1.83. The maximum Gasteiger partial charge on any atom is 0.500 e. The fourth-order valence-corrected chi connectivity index (χ4v) is 3.93. The Bertz CT molecular complexity index is 359.